The van der Waals surface area contributed by atoms with Gasteiger partial charge in [-0.05, 0) is 20.8 Å². The standard InChI is InChI=1S/C16H25F3N4O4S/c1-8(12(25)16(17,18)19)21-13(26)9(6-10(24)23(4)5)22-14(27)11-15(2,3)28-7-20-11/h8-9,11,20H,6-7H2,1-5H3,(H,21,26)(H,22,27)/t8-,9-,11-/m1/s1. The highest BCUT2D eigenvalue weighted by Crippen LogP contribution is 2.33. The lowest BCUT2D eigenvalue weighted by Crippen LogP contribution is -2.58. The number of alkyl halides is 3. The van der Waals surface area contributed by atoms with Crippen molar-refractivity contribution in [3.05, 3.63) is 0 Å². The first kappa shape index (κ1) is 24.2. The van der Waals surface area contributed by atoms with Crippen LogP contribution in [0.25, 0.3) is 0 Å². The Balaban J connectivity index is 2.92. The second-order valence-corrected chi connectivity index (χ2v) is 8.80. The molecule has 3 N–H and O–H groups in total. The number of ketones is 1. The largest absolute Gasteiger partial charge is 0.452 e. The van der Waals surface area contributed by atoms with E-state index in [0.29, 0.717) is 5.88 Å². The number of Topliss-reactive ketones (excluding diaryl/α,β-unsaturated/α-hetero) is 1. The summed E-state index contributed by atoms with van der Waals surface area (Å²) < 4.78 is 37.1. The predicted molar refractivity (Wildman–Crippen MR) is 97.4 cm³/mol. The Morgan fingerprint density at radius 3 is 2.21 bits per heavy atom. The van der Waals surface area contributed by atoms with E-state index in [1.54, 1.807) is 0 Å². The van der Waals surface area contributed by atoms with E-state index >= 15 is 0 Å². The molecular formula is C16H25F3N4O4S. The molecule has 0 unspecified atom stereocenters. The fourth-order valence-corrected chi connectivity index (χ4v) is 3.47. The molecule has 0 aromatic heterocycles. The SMILES string of the molecule is C[C@@H](NC(=O)[C@@H](CC(=O)N(C)C)NC(=O)[C@H]1NCSC1(C)C)C(=O)C(F)(F)F. The van der Waals surface area contributed by atoms with Gasteiger partial charge < -0.3 is 15.5 Å². The number of thioether (sulfide) groups is 1. The maximum Gasteiger partial charge on any atom is 0.452 e. The van der Waals surface area contributed by atoms with Crippen LogP contribution in [0.1, 0.15) is 27.2 Å². The highest BCUT2D eigenvalue weighted by Gasteiger charge is 2.44. The number of carbonyl (C=O) groups excluding carboxylic acids is 4. The van der Waals surface area contributed by atoms with Gasteiger partial charge in [-0.1, -0.05) is 0 Å². The molecule has 1 heterocycles. The van der Waals surface area contributed by atoms with E-state index in [0.717, 1.165) is 6.92 Å². The summed E-state index contributed by atoms with van der Waals surface area (Å²) in [5.74, 6) is -3.73. The smallest absolute Gasteiger partial charge is 0.349 e. The van der Waals surface area contributed by atoms with E-state index in [1.165, 1.54) is 30.8 Å². The normalized spacial score (nSPS) is 20.8. The van der Waals surface area contributed by atoms with Crippen LogP contribution in [0.5, 0.6) is 0 Å². The lowest BCUT2D eigenvalue weighted by molar-refractivity contribution is -0.173. The number of rotatable bonds is 7. The summed E-state index contributed by atoms with van der Waals surface area (Å²) in [6.07, 6.45) is -5.57. The molecule has 1 aliphatic heterocycles. The molecule has 12 heteroatoms. The molecule has 1 aliphatic rings. The Hall–Kier alpha value is -1.82. The zero-order chi connectivity index (χ0) is 21.9. The van der Waals surface area contributed by atoms with Crippen LogP contribution < -0.4 is 16.0 Å². The lowest BCUT2D eigenvalue weighted by Gasteiger charge is -2.27. The Kier molecular flexibility index (Phi) is 7.89. The third-order valence-electron chi connectivity index (χ3n) is 4.23. The minimum Gasteiger partial charge on any atom is -0.349 e. The van der Waals surface area contributed by atoms with Gasteiger partial charge in [-0.25, -0.2) is 0 Å². The fraction of sp³-hybridized carbons (Fsp3) is 0.750. The molecule has 28 heavy (non-hydrogen) atoms. The summed E-state index contributed by atoms with van der Waals surface area (Å²) in [6.45, 7) is 4.54. The minimum absolute atomic E-state index is 0.461. The van der Waals surface area contributed by atoms with E-state index in [4.69, 9.17) is 0 Å². The Morgan fingerprint density at radius 2 is 1.79 bits per heavy atom. The van der Waals surface area contributed by atoms with Gasteiger partial charge in [0.15, 0.2) is 0 Å². The summed E-state index contributed by atoms with van der Waals surface area (Å²) in [4.78, 5) is 49.4. The van der Waals surface area contributed by atoms with Crippen molar-refractivity contribution in [1.29, 1.82) is 0 Å². The molecule has 0 radical (unpaired) electrons. The highest BCUT2D eigenvalue weighted by atomic mass is 32.2. The van der Waals surface area contributed by atoms with Crippen molar-refractivity contribution >= 4 is 35.3 Å². The number of hydrogen-bond acceptors (Lipinski definition) is 6. The van der Waals surface area contributed by atoms with Gasteiger partial charge in [-0.15, -0.1) is 11.8 Å². The van der Waals surface area contributed by atoms with Crippen LogP contribution in [0.3, 0.4) is 0 Å². The van der Waals surface area contributed by atoms with Crippen LogP contribution in [0.2, 0.25) is 0 Å². The molecule has 0 aromatic carbocycles. The zero-order valence-electron chi connectivity index (χ0n) is 16.3. The van der Waals surface area contributed by atoms with Gasteiger partial charge in [0.2, 0.25) is 17.7 Å². The molecule has 0 aromatic rings. The van der Waals surface area contributed by atoms with Crippen molar-refractivity contribution in [2.45, 2.75) is 56.2 Å². The predicted octanol–water partition coefficient (Wildman–Crippen LogP) is 0.0267. The number of nitrogens with zero attached hydrogens (tertiary/aromatic N) is 1. The Morgan fingerprint density at radius 1 is 1.21 bits per heavy atom. The van der Waals surface area contributed by atoms with E-state index in [2.05, 4.69) is 10.6 Å². The van der Waals surface area contributed by atoms with Crippen LogP contribution in [0.15, 0.2) is 0 Å². The molecule has 3 amide bonds. The molecule has 0 spiro atoms. The topological polar surface area (TPSA) is 108 Å². The molecule has 8 nitrogen and oxygen atoms in total. The summed E-state index contributed by atoms with van der Waals surface area (Å²) >= 11 is 1.49. The summed E-state index contributed by atoms with van der Waals surface area (Å²) in [5, 5.41) is 7.31. The number of carbonyl (C=O) groups is 4. The molecule has 0 saturated carbocycles. The summed E-state index contributed by atoms with van der Waals surface area (Å²) in [6, 6.07) is -3.93. The van der Waals surface area contributed by atoms with E-state index in [1.807, 2.05) is 19.2 Å². The molecule has 0 aliphatic carbocycles. The van der Waals surface area contributed by atoms with Crippen molar-refractivity contribution in [3.63, 3.8) is 0 Å². The number of halogens is 3. The van der Waals surface area contributed by atoms with Crippen LogP contribution in [-0.2, 0) is 19.2 Å². The first-order valence-corrected chi connectivity index (χ1v) is 9.44. The van der Waals surface area contributed by atoms with Crippen molar-refractivity contribution in [1.82, 2.24) is 20.9 Å². The lowest BCUT2D eigenvalue weighted by atomic mass is 10.0. The quantitative estimate of drug-likeness (QED) is 0.530. The average Bonchev–Trinajstić information content (AvgIpc) is 2.91. The minimum atomic E-state index is -5.11. The van der Waals surface area contributed by atoms with Gasteiger partial charge in [0, 0.05) is 24.7 Å². The van der Waals surface area contributed by atoms with Gasteiger partial charge in [0.1, 0.15) is 12.1 Å². The molecule has 1 fully saturated rings. The second-order valence-electron chi connectivity index (χ2n) is 7.18. The summed E-state index contributed by atoms with van der Waals surface area (Å²) in [7, 11) is 2.88. The monoisotopic (exact) mass is 426 g/mol. The Bertz CT molecular complexity index is 640. The van der Waals surface area contributed by atoms with Crippen molar-refractivity contribution in [2.24, 2.45) is 0 Å². The molecule has 3 atom stereocenters. The van der Waals surface area contributed by atoms with Gasteiger partial charge in [-0.3, -0.25) is 24.5 Å². The van der Waals surface area contributed by atoms with E-state index < -0.39 is 59.0 Å². The third kappa shape index (κ3) is 6.36. The molecule has 1 rings (SSSR count). The van der Waals surface area contributed by atoms with Crippen LogP contribution in [0.4, 0.5) is 13.2 Å². The van der Waals surface area contributed by atoms with Crippen molar-refractivity contribution < 1.29 is 32.3 Å². The van der Waals surface area contributed by atoms with Gasteiger partial charge in [-0.2, -0.15) is 13.2 Å². The average molecular weight is 426 g/mol. The van der Waals surface area contributed by atoms with Crippen LogP contribution in [-0.4, -0.2) is 77.4 Å². The van der Waals surface area contributed by atoms with Crippen LogP contribution >= 0.6 is 11.8 Å². The van der Waals surface area contributed by atoms with Gasteiger partial charge in [0.05, 0.1) is 12.5 Å². The first-order chi connectivity index (χ1) is 12.7. The third-order valence-corrected chi connectivity index (χ3v) is 5.52. The summed E-state index contributed by atoms with van der Waals surface area (Å²) in [5.41, 5.74) is 0. The maximum atomic E-state index is 12.6. The molecule has 0 bridgehead atoms. The van der Waals surface area contributed by atoms with Crippen molar-refractivity contribution in [2.75, 3.05) is 20.0 Å². The van der Waals surface area contributed by atoms with E-state index in [-0.39, 0.29) is 0 Å². The fourth-order valence-electron chi connectivity index (χ4n) is 2.50. The number of nitrogens with one attached hydrogen (secondary N) is 3. The van der Waals surface area contributed by atoms with Gasteiger partial charge in [0.25, 0.3) is 5.78 Å². The Labute approximate surface area is 165 Å². The number of amides is 3. The highest BCUT2D eigenvalue weighted by molar-refractivity contribution is 8.00. The molecular weight excluding hydrogens is 401 g/mol. The number of hydrogen-bond donors (Lipinski definition) is 3. The maximum absolute atomic E-state index is 12.6. The van der Waals surface area contributed by atoms with Crippen LogP contribution in [0, 0.1) is 0 Å². The van der Waals surface area contributed by atoms with Gasteiger partial charge >= 0.3 is 6.18 Å². The molecule has 160 valence electrons. The zero-order valence-corrected chi connectivity index (χ0v) is 17.1. The first-order valence-electron chi connectivity index (χ1n) is 8.46. The van der Waals surface area contributed by atoms with E-state index in [9.17, 15) is 32.3 Å². The van der Waals surface area contributed by atoms with Crippen molar-refractivity contribution in [3.8, 4) is 0 Å². The molecule has 1 saturated heterocycles. The second kappa shape index (κ2) is 9.12.